The molecule has 1 aliphatic rings. The molecular formula is C17H26N4O2. The Morgan fingerprint density at radius 1 is 1.09 bits per heavy atom. The average Bonchev–Trinajstić information content (AvgIpc) is 2.61. The molecule has 1 aromatic carbocycles. The first-order valence-electron chi connectivity index (χ1n) is 8.20. The number of carbonyl (C=O) groups excluding carboxylic acids is 2. The number of anilines is 1. The van der Waals surface area contributed by atoms with Gasteiger partial charge in [0, 0.05) is 38.3 Å². The molecule has 6 heteroatoms. The van der Waals surface area contributed by atoms with Crippen LogP contribution < -0.4 is 15.5 Å². The molecule has 2 N–H and O–H groups in total. The Bertz CT molecular complexity index is 499. The third-order valence-corrected chi connectivity index (χ3v) is 4.02. The molecule has 1 aliphatic heterocycles. The highest BCUT2D eigenvalue weighted by atomic mass is 16.2. The van der Waals surface area contributed by atoms with E-state index in [1.807, 2.05) is 30.1 Å². The molecule has 0 bridgehead atoms. The molecule has 1 saturated heterocycles. The van der Waals surface area contributed by atoms with E-state index in [-0.39, 0.29) is 18.4 Å². The van der Waals surface area contributed by atoms with E-state index in [1.165, 1.54) is 5.69 Å². The third-order valence-electron chi connectivity index (χ3n) is 4.02. The fourth-order valence-corrected chi connectivity index (χ4v) is 2.65. The van der Waals surface area contributed by atoms with Crippen LogP contribution in [-0.4, -0.2) is 63.0 Å². The molecule has 0 spiro atoms. The van der Waals surface area contributed by atoms with Crippen molar-refractivity contribution in [3.05, 3.63) is 30.3 Å². The molecule has 1 heterocycles. The summed E-state index contributed by atoms with van der Waals surface area (Å²) in [7, 11) is 1.86. The molecule has 2 amide bonds. The first kappa shape index (κ1) is 17.3. The number of hydrogen-bond acceptors (Lipinski definition) is 4. The van der Waals surface area contributed by atoms with Crippen LogP contribution >= 0.6 is 0 Å². The summed E-state index contributed by atoms with van der Waals surface area (Å²) in [6.07, 6.45) is 1.24. The fourth-order valence-electron chi connectivity index (χ4n) is 2.65. The Hall–Kier alpha value is -2.08. The average molecular weight is 318 g/mol. The Kier molecular flexibility index (Phi) is 6.87. The highest BCUT2D eigenvalue weighted by Crippen LogP contribution is 2.15. The van der Waals surface area contributed by atoms with Crippen LogP contribution in [0.4, 0.5) is 5.69 Å². The lowest BCUT2D eigenvalue weighted by Gasteiger charge is -2.36. The van der Waals surface area contributed by atoms with Gasteiger partial charge in [0.1, 0.15) is 0 Å². The van der Waals surface area contributed by atoms with Crippen LogP contribution in [0, 0.1) is 0 Å². The first-order valence-corrected chi connectivity index (χ1v) is 8.20. The van der Waals surface area contributed by atoms with Gasteiger partial charge in [0.15, 0.2) is 0 Å². The van der Waals surface area contributed by atoms with Gasteiger partial charge in [0.05, 0.1) is 6.54 Å². The maximum Gasteiger partial charge on any atom is 0.242 e. The summed E-state index contributed by atoms with van der Waals surface area (Å²) in [4.78, 5) is 27.9. The van der Waals surface area contributed by atoms with Crippen LogP contribution in [0.15, 0.2) is 30.3 Å². The maximum absolute atomic E-state index is 12.2. The zero-order valence-electron chi connectivity index (χ0n) is 13.8. The van der Waals surface area contributed by atoms with Crippen LogP contribution in [0.1, 0.15) is 12.8 Å². The minimum absolute atomic E-state index is 0.000298. The van der Waals surface area contributed by atoms with Crippen molar-refractivity contribution in [3.63, 3.8) is 0 Å². The molecule has 1 fully saturated rings. The van der Waals surface area contributed by atoms with Crippen LogP contribution in [0.2, 0.25) is 0 Å². The van der Waals surface area contributed by atoms with E-state index < -0.39 is 0 Å². The van der Waals surface area contributed by atoms with E-state index >= 15 is 0 Å². The van der Waals surface area contributed by atoms with Crippen LogP contribution in [-0.2, 0) is 9.59 Å². The molecule has 23 heavy (non-hydrogen) atoms. The second-order valence-corrected chi connectivity index (χ2v) is 5.69. The molecule has 0 aliphatic carbocycles. The summed E-state index contributed by atoms with van der Waals surface area (Å²) in [6.45, 7) is 3.96. The number of nitrogens with zero attached hydrogens (tertiary/aromatic N) is 2. The topological polar surface area (TPSA) is 64.7 Å². The van der Waals surface area contributed by atoms with Crippen LogP contribution in [0.25, 0.3) is 0 Å². The number of piperazine rings is 1. The Balaban J connectivity index is 1.68. The highest BCUT2D eigenvalue weighted by molar-refractivity contribution is 5.84. The third kappa shape index (κ3) is 5.56. The molecule has 126 valence electrons. The standard InChI is InChI=1S/C17H26N4O2/c1-18-9-5-8-16(22)19-14-17(23)21-12-10-20(11-13-21)15-6-3-2-4-7-15/h2-4,6-7,18H,5,8-14H2,1H3,(H,19,22). The predicted octanol–water partition coefficient (Wildman–Crippen LogP) is 0.451. The largest absolute Gasteiger partial charge is 0.368 e. The van der Waals surface area contributed by atoms with Crippen molar-refractivity contribution in [2.45, 2.75) is 12.8 Å². The van der Waals surface area contributed by atoms with Gasteiger partial charge in [-0.3, -0.25) is 9.59 Å². The summed E-state index contributed by atoms with van der Waals surface area (Å²) in [5, 5.41) is 5.71. The molecule has 0 atom stereocenters. The molecule has 6 nitrogen and oxygen atoms in total. The first-order chi connectivity index (χ1) is 11.2. The second kappa shape index (κ2) is 9.15. The van der Waals surface area contributed by atoms with Gasteiger partial charge in [-0.05, 0) is 32.1 Å². The quantitative estimate of drug-likeness (QED) is 0.717. The Labute approximate surface area is 137 Å². The number of amides is 2. The van der Waals surface area contributed by atoms with Crippen molar-refractivity contribution in [1.29, 1.82) is 0 Å². The highest BCUT2D eigenvalue weighted by Gasteiger charge is 2.21. The van der Waals surface area contributed by atoms with Gasteiger partial charge >= 0.3 is 0 Å². The number of benzene rings is 1. The van der Waals surface area contributed by atoms with Crippen LogP contribution in [0.3, 0.4) is 0 Å². The van der Waals surface area contributed by atoms with Gasteiger partial charge in [0.25, 0.3) is 0 Å². The smallest absolute Gasteiger partial charge is 0.242 e. The molecular weight excluding hydrogens is 292 g/mol. The van der Waals surface area contributed by atoms with Crippen molar-refractivity contribution in [2.24, 2.45) is 0 Å². The number of hydrogen-bond donors (Lipinski definition) is 2. The van der Waals surface area contributed by atoms with Crippen LogP contribution in [0.5, 0.6) is 0 Å². The zero-order valence-corrected chi connectivity index (χ0v) is 13.8. The van der Waals surface area contributed by atoms with Crippen molar-refractivity contribution in [2.75, 3.05) is 51.2 Å². The summed E-state index contributed by atoms with van der Waals surface area (Å²) < 4.78 is 0. The van der Waals surface area contributed by atoms with Crippen molar-refractivity contribution >= 4 is 17.5 Å². The number of carbonyl (C=O) groups is 2. The van der Waals surface area contributed by atoms with E-state index in [0.717, 1.165) is 26.1 Å². The molecule has 0 unspecified atom stereocenters. The SMILES string of the molecule is CNCCCC(=O)NCC(=O)N1CCN(c2ccccc2)CC1. The van der Waals surface area contributed by atoms with Crippen molar-refractivity contribution in [3.8, 4) is 0 Å². The minimum Gasteiger partial charge on any atom is -0.368 e. The molecule has 0 saturated carbocycles. The van der Waals surface area contributed by atoms with Gasteiger partial charge in [-0.15, -0.1) is 0 Å². The monoisotopic (exact) mass is 318 g/mol. The van der Waals surface area contributed by atoms with E-state index in [1.54, 1.807) is 0 Å². The van der Waals surface area contributed by atoms with E-state index in [9.17, 15) is 9.59 Å². The molecule has 2 rings (SSSR count). The van der Waals surface area contributed by atoms with Gasteiger partial charge in [-0.2, -0.15) is 0 Å². The Morgan fingerprint density at radius 3 is 2.43 bits per heavy atom. The fraction of sp³-hybridized carbons (Fsp3) is 0.529. The van der Waals surface area contributed by atoms with Gasteiger partial charge in [-0.1, -0.05) is 18.2 Å². The van der Waals surface area contributed by atoms with Gasteiger partial charge < -0.3 is 20.4 Å². The summed E-state index contributed by atoms with van der Waals surface area (Å²) in [6, 6.07) is 10.2. The van der Waals surface area contributed by atoms with Crippen molar-refractivity contribution < 1.29 is 9.59 Å². The maximum atomic E-state index is 12.2. The van der Waals surface area contributed by atoms with E-state index in [0.29, 0.717) is 19.5 Å². The second-order valence-electron chi connectivity index (χ2n) is 5.69. The molecule has 0 aromatic heterocycles. The Morgan fingerprint density at radius 2 is 1.78 bits per heavy atom. The summed E-state index contributed by atoms with van der Waals surface area (Å²) in [5.74, 6) is -0.0591. The number of rotatable bonds is 7. The lowest BCUT2D eigenvalue weighted by atomic mass is 10.2. The van der Waals surface area contributed by atoms with E-state index in [2.05, 4.69) is 27.7 Å². The normalized spacial score (nSPS) is 14.7. The molecule has 1 aromatic rings. The predicted molar refractivity (Wildman–Crippen MR) is 91.4 cm³/mol. The lowest BCUT2D eigenvalue weighted by molar-refractivity contribution is -0.133. The zero-order chi connectivity index (χ0) is 16.5. The molecule has 0 radical (unpaired) electrons. The van der Waals surface area contributed by atoms with E-state index in [4.69, 9.17) is 0 Å². The number of para-hydroxylation sites is 1. The van der Waals surface area contributed by atoms with Crippen molar-refractivity contribution in [1.82, 2.24) is 15.5 Å². The van der Waals surface area contributed by atoms with Gasteiger partial charge in [-0.25, -0.2) is 0 Å². The minimum atomic E-state index is -0.0588. The summed E-state index contributed by atoms with van der Waals surface area (Å²) >= 11 is 0. The lowest BCUT2D eigenvalue weighted by Crippen LogP contribution is -2.51. The summed E-state index contributed by atoms with van der Waals surface area (Å²) in [5.41, 5.74) is 1.19. The van der Waals surface area contributed by atoms with Gasteiger partial charge in [0.2, 0.25) is 11.8 Å². The number of nitrogens with one attached hydrogen (secondary N) is 2.